The van der Waals surface area contributed by atoms with Crippen molar-refractivity contribution in [2.75, 3.05) is 36.9 Å². The SMILES string of the molecule is COc1ccc(OC)c(S(=O)(=O)Nc2ccc(N3CCC(C)CC3)cn2)c1. The van der Waals surface area contributed by atoms with Crippen molar-refractivity contribution in [3.8, 4) is 11.5 Å². The monoisotopic (exact) mass is 391 g/mol. The van der Waals surface area contributed by atoms with Gasteiger partial charge in [-0.1, -0.05) is 6.92 Å². The lowest BCUT2D eigenvalue weighted by molar-refractivity contribution is 0.392. The van der Waals surface area contributed by atoms with Crippen molar-refractivity contribution in [1.82, 2.24) is 4.98 Å². The van der Waals surface area contributed by atoms with Crippen molar-refractivity contribution < 1.29 is 17.9 Å². The van der Waals surface area contributed by atoms with E-state index in [0.717, 1.165) is 37.5 Å². The average Bonchev–Trinajstić information content (AvgIpc) is 2.68. The van der Waals surface area contributed by atoms with E-state index in [1.54, 1.807) is 24.4 Å². The summed E-state index contributed by atoms with van der Waals surface area (Å²) >= 11 is 0. The van der Waals surface area contributed by atoms with Crippen LogP contribution in [0.5, 0.6) is 11.5 Å². The van der Waals surface area contributed by atoms with E-state index in [4.69, 9.17) is 9.47 Å². The van der Waals surface area contributed by atoms with Gasteiger partial charge in [-0.3, -0.25) is 4.72 Å². The topological polar surface area (TPSA) is 80.8 Å². The van der Waals surface area contributed by atoms with Gasteiger partial charge in [0.1, 0.15) is 22.2 Å². The molecule has 8 heteroatoms. The Morgan fingerprint density at radius 3 is 2.44 bits per heavy atom. The highest BCUT2D eigenvalue weighted by atomic mass is 32.2. The highest BCUT2D eigenvalue weighted by Gasteiger charge is 2.22. The summed E-state index contributed by atoms with van der Waals surface area (Å²) in [5, 5.41) is 0. The van der Waals surface area contributed by atoms with Crippen LogP contribution in [0.4, 0.5) is 11.5 Å². The quantitative estimate of drug-likeness (QED) is 0.815. The molecule has 1 aliphatic heterocycles. The van der Waals surface area contributed by atoms with E-state index in [1.807, 2.05) is 6.07 Å². The zero-order chi connectivity index (χ0) is 19.4. The number of hydrogen-bond donors (Lipinski definition) is 1. The molecule has 2 heterocycles. The molecule has 2 aromatic rings. The number of methoxy groups -OCH3 is 2. The molecule has 0 unspecified atom stereocenters. The van der Waals surface area contributed by atoms with Crippen LogP contribution in [0.1, 0.15) is 19.8 Å². The van der Waals surface area contributed by atoms with Crippen LogP contribution < -0.4 is 19.1 Å². The second kappa shape index (κ2) is 8.04. The first-order valence-corrected chi connectivity index (χ1v) is 10.4. The fourth-order valence-corrected chi connectivity index (χ4v) is 4.28. The van der Waals surface area contributed by atoms with Crippen molar-refractivity contribution in [1.29, 1.82) is 0 Å². The molecule has 7 nitrogen and oxygen atoms in total. The van der Waals surface area contributed by atoms with Gasteiger partial charge < -0.3 is 14.4 Å². The molecule has 0 spiro atoms. The fourth-order valence-electron chi connectivity index (χ4n) is 3.09. The molecule has 1 aliphatic rings. The molecule has 0 saturated carbocycles. The first kappa shape index (κ1) is 19.3. The number of nitrogens with one attached hydrogen (secondary N) is 1. The zero-order valence-electron chi connectivity index (χ0n) is 15.8. The Hall–Kier alpha value is -2.48. The lowest BCUT2D eigenvalue weighted by atomic mass is 9.99. The summed E-state index contributed by atoms with van der Waals surface area (Å²) < 4.78 is 38.4. The van der Waals surface area contributed by atoms with Crippen LogP contribution >= 0.6 is 0 Å². The van der Waals surface area contributed by atoms with Gasteiger partial charge in [0.25, 0.3) is 10.0 Å². The lowest BCUT2D eigenvalue weighted by Gasteiger charge is -2.31. The number of aromatic nitrogens is 1. The van der Waals surface area contributed by atoms with E-state index in [-0.39, 0.29) is 16.5 Å². The first-order chi connectivity index (χ1) is 12.9. The Morgan fingerprint density at radius 2 is 1.85 bits per heavy atom. The van der Waals surface area contributed by atoms with Gasteiger partial charge in [-0.25, -0.2) is 13.4 Å². The van der Waals surface area contributed by atoms with Gasteiger partial charge in [0.2, 0.25) is 0 Å². The number of benzene rings is 1. The Morgan fingerprint density at radius 1 is 1.11 bits per heavy atom. The van der Waals surface area contributed by atoms with Crippen molar-refractivity contribution in [2.24, 2.45) is 5.92 Å². The predicted molar refractivity (Wildman–Crippen MR) is 105 cm³/mol. The van der Waals surface area contributed by atoms with E-state index >= 15 is 0 Å². The van der Waals surface area contributed by atoms with Gasteiger partial charge in [0, 0.05) is 19.2 Å². The van der Waals surface area contributed by atoms with Crippen molar-refractivity contribution >= 4 is 21.5 Å². The van der Waals surface area contributed by atoms with Crippen molar-refractivity contribution in [3.63, 3.8) is 0 Å². The summed E-state index contributed by atoms with van der Waals surface area (Å²) in [5.74, 6) is 1.67. The first-order valence-electron chi connectivity index (χ1n) is 8.89. The maximum absolute atomic E-state index is 12.8. The molecular weight excluding hydrogens is 366 g/mol. The molecule has 146 valence electrons. The zero-order valence-corrected chi connectivity index (χ0v) is 16.6. The molecule has 0 bridgehead atoms. The highest BCUT2D eigenvalue weighted by molar-refractivity contribution is 7.92. The van der Waals surface area contributed by atoms with E-state index < -0.39 is 10.0 Å². The third-order valence-electron chi connectivity index (χ3n) is 4.80. The molecule has 3 rings (SSSR count). The maximum atomic E-state index is 12.8. The minimum absolute atomic E-state index is 0.000227. The van der Waals surface area contributed by atoms with Gasteiger partial charge in [-0.2, -0.15) is 0 Å². The Kier molecular flexibility index (Phi) is 5.74. The summed E-state index contributed by atoms with van der Waals surface area (Å²) in [7, 11) is -0.961. The fraction of sp³-hybridized carbons (Fsp3) is 0.421. The van der Waals surface area contributed by atoms with Crippen LogP contribution in [0.15, 0.2) is 41.4 Å². The third-order valence-corrected chi connectivity index (χ3v) is 6.17. The molecule has 27 heavy (non-hydrogen) atoms. The number of ether oxygens (including phenoxy) is 2. The van der Waals surface area contributed by atoms with E-state index in [2.05, 4.69) is 21.5 Å². The summed E-state index contributed by atoms with van der Waals surface area (Å²) in [5.41, 5.74) is 1.00. The number of sulfonamides is 1. The highest BCUT2D eigenvalue weighted by Crippen LogP contribution is 2.30. The smallest absolute Gasteiger partial charge is 0.266 e. The maximum Gasteiger partial charge on any atom is 0.266 e. The molecule has 1 fully saturated rings. The minimum Gasteiger partial charge on any atom is -0.497 e. The predicted octanol–water partition coefficient (Wildman–Crippen LogP) is 3.14. The second-order valence-electron chi connectivity index (χ2n) is 6.69. The van der Waals surface area contributed by atoms with Crippen LogP contribution in [0, 0.1) is 5.92 Å². The molecule has 0 aliphatic carbocycles. The van der Waals surface area contributed by atoms with Crippen LogP contribution in [0.3, 0.4) is 0 Å². The summed E-state index contributed by atoms with van der Waals surface area (Å²) in [4.78, 5) is 6.55. The van der Waals surface area contributed by atoms with Gasteiger partial charge in [-0.05, 0) is 43.0 Å². The summed E-state index contributed by atoms with van der Waals surface area (Å²) in [6, 6.07) is 8.19. The molecule has 0 atom stereocenters. The largest absolute Gasteiger partial charge is 0.497 e. The van der Waals surface area contributed by atoms with E-state index in [9.17, 15) is 8.42 Å². The average molecular weight is 391 g/mol. The normalized spacial score (nSPS) is 15.4. The number of piperidine rings is 1. The lowest BCUT2D eigenvalue weighted by Crippen LogP contribution is -2.32. The Labute approximate surface area is 160 Å². The Bertz CT molecular complexity index is 876. The van der Waals surface area contributed by atoms with Gasteiger partial charge in [-0.15, -0.1) is 0 Å². The van der Waals surface area contributed by atoms with Gasteiger partial charge in [0.15, 0.2) is 0 Å². The third kappa shape index (κ3) is 4.44. The summed E-state index contributed by atoms with van der Waals surface area (Å²) in [6.07, 6.45) is 4.02. The number of anilines is 2. The summed E-state index contributed by atoms with van der Waals surface area (Å²) in [6.45, 7) is 4.25. The van der Waals surface area contributed by atoms with Crippen LogP contribution in [0.2, 0.25) is 0 Å². The molecule has 1 saturated heterocycles. The number of rotatable bonds is 6. The van der Waals surface area contributed by atoms with Gasteiger partial charge >= 0.3 is 0 Å². The van der Waals surface area contributed by atoms with Crippen LogP contribution in [-0.4, -0.2) is 40.7 Å². The molecule has 1 aromatic heterocycles. The minimum atomic E-state index is -3.86. The molecule has 1 N–H and O–H groups in total. The van der Waals surface area contributed by atoms with E-state index in [1.165, 1.54) is 20.3 Å². The second-order valence-corrected chi connectivity index (χ2v) is 8.34. The number of hydrogen-bond acceptors (Lipinski definition) is 6. The molecule has 0 amide bonds. The molecule has 0 radical (unpaired) electrons. The standard InChI is InChI=1S/C19H25N3O4S/c1-14-8-10-22(11-9-14)15-4-7-19(20-13-15)21-27(23,24)18-12-16(25-2)5-6-17(18)26-3/h4-7,12-14H,8-11H2,1-3H3,(H,20,21). The van der Waals surface area contributed by atoms with Gasteiger partial charge in [0.05, 0.1) is 26.1 Å². The van der Waals surface area contributed by atoms with E-state index in [0.29, 0.717) is 5.75 Å². The van der Waals surface area contributed by atoms with Crippen molar-refractivity contribution in [3.05, 3.63) is 36.5 Å². The molecule has 1 aromatic carbocycles. The molecular formula is C19H25N3O4S. The number of pyridine rings is 1. The van der Waals surface area contributed by atoms with Crippen LogP contribution in [-0.2, 0) is 10.0 Å². The van der Waals surface area contributed by atoms with Crippen LogP contribution in [0.25, 0.3) is 0 Å². The Balaban J connectivity index is 1.78. The number of nitrogens with zero attached hydrogens (tertiary/aromatic N) is 2. The van der Waals surface area contributed by atoms with Crippen molar-refractivity contribution in [2.45, 2.75) is 24.7 Å².